The molecule has 1 aromatic carbocycles. The topological polar surface area (TPSA) is 63.4 Å². The third kappa shape index (κ3) is 2.64. The van der Waals surface area contributed by atoms with Gasteiger partial charge < -0.3 is 10.6 Å². The quantitative estimate of drug-likeness (QED) is 0.872. The van der Waals surface area contributed by atoms with E-state index in [9.17, 15) is 14.0 Å². The Labute approximate surface area is 137 Å². The molecule has 1 saturated heterocycles. The number of hydrogen-bond acceptors (Lipinski definition) is 2. The first-order valence-corrected chi connectivity index (χ1v) is 8.35. The number of benzene rings is 1. The molecule has 3 rings (SSSR count). The van der Waals surface area contributed by atoms with E-state index >= 15 is 0 Å². The molecule has 22 heavy (non-hydrogen) atoms. The molecule has 2 N–H and O–H groups in total. The molecule has 0 radical (unpaired) electrons. The molecule has 2 aliphatic rings. The average Bonchev–Trinajstić information content (AvgIpc) is 2.88. The van der Waals surface area contributed by atoms with E-state index in [4.69, 9.17) is 5.73 Å². The van der Waals surface area contributed by atoms with Gasteiger partial charge in [0.15, 0.2) is 0 Å². The highest BCUT2D eigenvalue weighted by Gasteiger charge is 2.47. The first-order chi connectivity index (χ1) is 10.5. The Hall–Kier alpha value is -1.43. The van der Waals surface area contributed by atoms with Crippen LogP contribution in [0.3, 0.4) is 0 Å². The van der Waals surface area contributed by atoms with Gasteiger partial charge >= 0.3 is 0 Å². The lowest BCUT2D eigenvalue weighted by Crippen LogP contribution is -2.48. The van der Waals surface area contributed by atoms with Crippen LogP contribution < -0.4 is 5.73 Å². The number of carbonyl (C=O) groups is 2. The Balaban J connectivity index is 1.97. The number of hydrogen-bond donors (Lipinski definition) is 1. The minimum absolute atomic E-state index is 0.00266. The lowest BCUT2D eigenvalue weighted by atomic mass is 9.84. The van der Waals surface area contributed by atoms with Crippen LogP contribution in [0, 0.1) is 11.7 Å². The summed E-state index contributed by atoms with van der Waals surface area (Å²) in [6.07, 6.45) is 4.59. The van der Waals surface area contributed by atoms with Crippen molar-refractivity contribution in [3.8, 4) is 0 Å². The highest BCUT2D eigenvalue weighted by atomic mass is 79.9. The van der Waals surface area contributed by atoms with Gasteiger partial charge in [-0.05, 0) is 43.4 Å². The summed E-state index contributed by atoms with van der Waals surface area (Å²) < 4.78 is 14.7. The molecular weight excluding hydrogens is 351 g/mol. The summed E-state index contributed by atoms with van der Waals surface area (Å²) >= 11 is 3.26. The van der Waals surface area contributed by atoms with Crippen molar-refractivity contribution < 1.29 is 14.0 Å². The second-order valence-electron chi connectivity index (χ2n) is 6.10. The predicted octanol–water partition coefficient (Wildman–Crippen LogP) is 2.85. The van der Waals surface area contributed by atoms with Crippen LogP contribution in [0.1, 0.15) is 42.5 Å². The molecule has 4 nitrogen and oxygen atoms in total. The molecule has 3 unspecified atom stereocenters. The Morgan fingerprint density at radius 2 is 2.00 bits per heavy atom. The molecular formula is C16H18BrFN2O2. The molecule has 2 fully saturated rings. The molecule has 3 atom stereocenters. The number of primary amides is 1. The van der Waals surface area contributed by atoms with E-state index in [0.29, 0.717) is 16.8 Å². The van der Waals surface area contributed by atoms with Gasteiger partial charge in [-0.3, -0.25) is 9.59 Å². The highest BCUT2D eigenvalue weighted by Crippen LogP contribution is 2.40. The van der Waals surface area contributed by atoms with Gasteiger partial charge in [0.25, 0.3) is 5.91 Å². The van der Waals surface area contributed by atoms with Crippen molar-refractivity contribution in [2.24, 2.45) is 11.7 Å². The normalized spacial score (nSPS) is 27.5. The number of nitrogens with zero attached hydrogens (tertiary/aromatic N) is 1. The molecule has 0 spiro atoms. The van der Waals surface area contributed by atoms with E-state index in [1.807, 2.05) is 0 Å². The number of halogens is 2. The van der Waals surface area contributed by atoms with Crippen LogP contribution in [-0.4, -0.2) is 28.8 Å². The zero-order chi connectivity index (χ0) is 15.9. The van der Waals surface area contributed by atoms with E-state index in [1.54, 1.807) is 6.07 Å². The Morgan fingerprint density at radius 3 is 2.73 bits per heavy atom. The maximum absolute atomic E-state index is 14.0. The van der Waals surface area contributed by atoms with Gasteiger partial charge in [-0.15, -0.1) is 0 Å². The summed E-state index contributed by atoms with van der Waals surface area (Å²) in [5.74, 6) is -1.21. The van der Waals surface area contributed by atoms with Crippen LogP contribution in [0.2, 0.25) is 0 Å². The minimum Gasteiger partial charge on any atom is -0.368 e. The second-order valence-corrected chi connectivity index (χ2v) is 7.02. The van der Waals surface area contributed by atoms with E-state index in [1.165, 1.54) is 17.0 Å². The lowest BCUT2D eigenvalue weighted by molar-refractivity contribution is -0.122. The number of likely N-dealkylation sites (tertiary alicyclic amines) is 1. The number of fused-ring (bicyclic) bond motifs is 1. The molecule has 6 heteroatoms. The highest BCUT2D eigenvalue weighted by molar-refractivity contribution is 9.10. The maximum atomic E-state index is 14.0. The van der Waals surface area contributed by atoms with Crippen molar-refractivity contribution in [2.75, 3.05) is 0 Å². The third-order valence-electron chi connectivity index (χ3n) is 4.81. The summed E-state index contributed by atoms with van der Waals surface area (Å²) in [4.78, 5) is 26.2. The summed E-state index contributed by atoms with van der Waals surface area (Å²) in [6.45, 7) is 0. The Kier molecular flexibility index (Phi) is 4.21. The van der Waals surface area contributed by atoms with Gasteiger partial charge in [0.2, 0.25) is 5.91 Å². The van der Waals surface area contributed by atoms with Crippen molar-refractivity contribution in [3.05, 3.63) is 34.1 Å². The number of rotatable bonds is 2. The van der Waals surface area contributed by atoms with Gasteiger partial charge in [-0.25, -0.2) is 4.39 Å². The lowest BCUT2D eigenvalue weighted by Gasteiger charge is -2.33. The van der Waals surface area contributed by atoms with Crippen molar-refractivity contribution in [1.29, 1.82) is 0 Å². The molecule has 0 bridgehead atoms. The fourth-order valence-corrected chi connectivity index (χ4v) is 4.17. The van der Waals surface area contributed by atoms with Crippen molar-refractivity contribution in [1.82, 2.24) is 4.90 Å². The average molecular weight is 369 g/mol. The monoisotopic (exact) mass is 368 g/mol. The third-order valence-corrected chi connectivity index (χ3v) is 5.30. The molecule has 1 aliphatic heterocycles. The second kappa shape index (κ2) is 5.99. The van der Waals surface area contributed by atoms with Gasteiger partial charge in [0.1, 0.15) is 11.9 Å². The van der Waals surface area contributed by atoms with Gasteiger partial charge in [-0.2, -0.15) is 0 Å². The van der Waals surface area contributed by atoms with E-state index in [2.05, 4.69) is 15.9 Å². The largest absolute Gasteiger partial charge is 0.368 e. The summed E-state index contributed by atoms with van der Waals surface area (Å²) in [7, 11) is 0. The first kappa shape index (κ1) is 15.5. The zero-order valence-electron chi connectivity index (χ0n) is 12.1. The van der Waals surface area contributed by atoms with Crippen molar-refractivity contribution >= 4 is 27.7 Å². The first-order valence-electron chi connectivity index (χ1n) is 7.56. The van der Waals surface area contributed by atoms with E-state index in [-0.39, 0.29) is 11.6 Å². The van der Waals surface area contributed by atoms with E-state index in [0.717, 1.165) is 25.7 Å². The molecule has 2 amide bonds. The molecule has 118 valence electrons. The number of carbonyl (C=O) groups excluding carboxylic acids is 2. The van der Waals surface area contributed by atoms with Crippen molar-refractivity contribution in [2.45, 2.75) is 44.2 Å². The van der Waals surface area contributed by atoms with Gasteiger partial charge in [0.05, 0.1) is 5.56 Å². The number of nitrogens with two attached hydrogens (primary N) is 1. The summed E-state index contributed by atoms with van der Waals surface area (Å²) in [6, 6.07) is 3.64. The minimum atomic E-state index is -0.626. The Bertz CT molecular complexity index is 622. The Morgan fingerprint density at radius 1 is 1.27 bits per heavy atom. The SMILES string of the molecule is NC(=O)C1CC2CCCCC2N1C(=O)c1cc(Br)ccc1F. The van der Waals surface area contributed by atoms with Crippen LogP contribution >= 0.6 is 15.9 Å². The van der Waals surface area contributed by atoms with Gasteiger partial charge in [-0.1, -0.05) is 28.8 Å². The fourth-order valence-electron chi connectivity index (χ4n) is 3.81. The van der Waals surface area contributed by atoms with E-state index < -0.39 is 23.7 Å². The van der Waals surface area contributed by atoms with Crippen molar-refractivity contribution in [3.63, 3.8) is 0 Å². The number of amides is 2. The van der Waals surface area contributed by atoms with Crippen LogP contribution in [0.15, 0.2) is 22.7 Å². The molecule has 1 aliphatic carbocycles. The smallest absolute Gasteiger partial charge is 0.257 e. The van der Waals surface area contributed by atoms with Crippen LogP contribution in [0.25, 0.3) is 0 Å². The molecule has 1 heterocycles. The predicted molar refractivity (Wildman–Crippen MR) is 83.6 cm³/mol. The standard InChI is InChI=1S/C16H18BrFN2O2/c17-10-5-6-12(18)11(8-10)16(22)20-13-4-2-1-3-9(13)7-14(20)15(19)21/h5-6,8-9,13-14H,1-4,7H2,(H2,19,21). The molecule has 1 aromatic rings. The van der Waals surface area contributed by atoms with Crippen LogP contribution in [-0.2, 0) is 4.79 Å². The fraction of sp³-hybridized carbons (Fsp3) is 0.500. The molecule has 0 aromatic heterocycles. The van der Waals surface area contributed by atoms with Crippen LogP contribution in [0.4, 0.5) is 4.39 Å². The summed E-state index contributed by atoms with van der Waals surface area (Å²) in [5.41, 5.74) is 5.48. The summed E-state index contributed by atoms with van der Waals surface area (Å²) in [5, 5.41) is 0. The maximum Gasteiger partial charge on any atom is 0.257 e. The van der Waals surface area contributed by atoms with Crippen LogP contribution in [0.5, 0.6) is 0 Å². The zero-order valence-corrected chi connectivity index (χ0v) is 13.7. The van der Waals surface area contributed by atoms with Gasteiger partial charge in [0, 0.05) is 10.5 Å². The molecule has 1 saturated carbocycles.